The van der Waals surface area contributed by atoms with Crippen molar-refractivity contribution in [3.63, 3.8) is 0 Å². The number of urea groups is 1. The number of benzene rings is 1. The third-order valence-corrected chi connectivity index (χ3v) is 4.98. The van der Waals surface area contributed by atoms with Crippen molar-refractivity contribution in [2.75, 3.05) is 11.9 Å². The Morgan fingerprint density at radius 2 is 2.17 bits per heavy atom. The molecule has 2 saturated heterocycles. The van der Waals surface area contributed by atoms with E-state index in [0.29, 0.717) is 17.8 Å². The molecule has 2 bridgehead atoms. The molecule has 2 aliphatic rings. The Balaban J connectivity index is 1.72. The molecule has 2 fully saturated rings. The van der Waals surface area contributed by atoms with Gasteiger partial charge in [-0.1, -0.05) is 6.07 Å². The highest BCUT2D eigenvalue weighted by Crippen LogP contribution is 2.38. The van der Waals surface area contributed by atoms with Gasteiger partial charge in [0.1, 0.15) is 0 Å². The van der Waals surface area contributed by atoms with Gasteiger partial charge in [0.25, 0.3) is 0 Å². The van der Waals surface area contributed by atoms with Crippen LogP contribution in [0.3, 0.4) is 0 Å². The van der Waals surface area contributed by atoms with Crippen LogP contribution in [0.2, 0.25) is 0 Å². The number of hydrogen-bond donors (Lipinski definition) is 2. The minimum absolute atomic E-state index is 0.0147. The number of nitrogens with two attached hydrogens (primary N) is 1. The van der Waals surface area contributed by atoms with Crippen LogP contribution in [0.15, 0.2) is 29.3 Å². The summed E-state index contributed by atoms with van der Waals surface area (Å²) in [7, 11) is 0. The van der Waals surface area contributed by atoms with E-state index in [2.05, 4.69) is 10.3 Å². The summed E-state index contributed by atoms with van der Waals surface area (Å²) in [5.74, 6) is 0. The Labute approximate surface area is 143 Å². The van der Waals surface area contributed by atoms with Crippen LogP contribution >= 0.6 is 0 Å². The van der Waals surface area contributed by atoms with Crippen LogP contribution in [0, 0.1) is 6.92 Å². The largest absolute Gasteiger partial charge is 0.398 e. The van der Waals surface area contributed by atoms with Crippen LogP contribution in [0.4, 0.5) is 10.5 Å². The summed E-state index contributed by atoms with van der Waals surface area (Å²) >= 11 is 0. The lowest BCUT2D eigenvalue weighted by molar-refractivity contribution is 0.0173. The number of hydrogen-bond acceptors (Lipinski definition) is 3. The number of rotatable bonds is 4. The molecule has 0 aromatic heterocycles. The summed E-state index contributed by atoms with van der Waals surface area (Å²) in [5.41, 5.74) is 9.60. The predicted octanol–water partition coefficient (Wildman–Crippen LogP) is 3.54. The summed E-state index contributed by atoms with van der Waals surface area (Å²) in [6, 6.07) is 6.74. The van der Waals surface area contributed by atoms with Gasteiger partial charge in [0.2, 0.25) is 0 Å². The third kappa shape index (κ3) is 3.30. The SMILES string of the molecule is CCN=C/C=C(\N)c1cc(NC(=O)N2C3CCCC2C3)ccc1C. The van der Waals surface area contributed by atoms with Crippen molar-refractivity contribution in [1.29, 1.82) is 0 Å². The molecule has 2 aliphatic heterocycles. The zero-order valence-corrected chi connectivity index (χ0v) is 14.5. The molecule has 3 rings (SSSR count). The number of carbonyl (C=O) groups is 1. The second kappa shape index (κ2) is 7.07. The maximum Gasteiger partial charge on any atom is 0.322 e. The van der Waals surface area contributed by atoms with Gasteiger partial charge in [-0.05, 0) is 63.3 Å². The molecule has 24 heavy (non-hydrogen) atoms. The Hall–Kier alpha value is -2.30. The zero-order chi connectivity index (χ0) is 17.1. The quantitative estimate of drug-likeness (QED) is 0.831. The number of nitrogens with zero attached hydrogens (tertiary/aromatic N) is 2. The maximum atomic E-state index is 12.5. The van der Waals surface area contributed by atoms with Gasteiger partial charge in [-0.3, -0.25) is 4.99 Å². The van der Waals surface area contributed by atoms with Crippen LogP contribution in [0.5, 0.6) is 0 Å². The standard InChI is InChI=1S/C19H26N4O/c1-3-21-10-9-18(20)17-11-14(8-7-13(17)2)22-19(24)23-15-5-4-6-16(23)12-15/h7-11,15-16H,3-6,12,20H2,1-2H3,(H,22,24)/b18-9-,21-10?. The zero-order valence-electron chi connectivity index (χ0n) is 14.5. The third-order valence-electron chi connectivity index (χ3n) is 4.98. The Morgan fingerprint density at radius 3 is 2.83 bits per heavy atom. The van der Waals surface area contributed by atoms with Crippen LogP contribution < -0.4 is 11.1 Å². The average Bonchev–Trinajstić information content (AvgIpc) is 2.57. The maximum absolute atomic E-state index is 12.5. The van der Waals surface area contributed by atoms with E-state index in [-0.39, 0.29) is 6.03 Å². The topological polar surface area (TPSA) is 70.7 Å². The first kappa shape index (κ1) is 16.6. The number of aliphatic imine (C=N–C) groups is 1. The van der Waals surface area contributed by atoms with Gasteiger partial charge in [-0.25, -0.2) is 4.79 Å². The number of aryl methyl sites for hydroxylation is 1. The highest BCUT2D eigenvalue weighted by atomic mass is 16.2. The van der Waals surface area contributed by atoms with E-state index in [1.54, 1.807) is 12.3 Å². The molecule has 5 heteroatoms. The lowest BCUT2D eigenvalue weighted by Crippen LogP contribution is -2.62. The van der Waals surface area contributed by atoms with E-state index < -0.39 is 0 Å². The second-order valence-electron chi connectivity index (χ2n) is 6.61. The molecule has 0 aliphatic carbocycles. The van der Waals surface area contributed by atoms with Gasteiger partial charge in [-0.2, -0.15) is 0 Å². The van der Waals surface area contributed by atoms with Crippen molar-refractivity contribution in [3.05, 3.63) is 35.4 Å². The molecule has 128 valence electrons. The first-order chi connectivity index (χ1) is 11.6. The molecule has 1 aromatic rings. The van der Waals surface area contributed by atoms with Crippen molar-refractivity contribution in [2.45, 2.75) is 51.6 Å². The molecular weight excluding hydrogens is 300 g/mol. The molecule has 3 N–H and O–H groups in total. The summed E-state index contributed by atoms with van der Waals surface area (Å²) in [5, 5.41) is 3.03. The number of anilines is 1. The minimum atomic E-state index is 0.0147. The minimum Gasteiger partial charge on any atom is -0.398 e. The molecule has 2 unspecified atom stereocenters. The van der Waals surface area contributed by atoms with Gasteiger partial charge in [-0.15, -0.1) is 0 Å². The van der Waals surface area contributed by atoms with Crippen LogP contribution in [0.25, 0.3) is 5.70 Å². The van der Waals surface area contributed by atoms with Crippen molar-refractivity contribution in [1.82, 2.24) is 4.90 Å². The van der Waals surface area contributed by atoms with E-state index in [9.17, 15) is 4.79 Å². The fraction of sp³-hybridized carbons (Fsp3) is 0.474. The summed E-state index contributed by atoms with van der Waals surface area (Å²) < 4.78 is 0. The lowest BCUT2D eigenvalue weighted by Gasteiger charge is -2.52. The van der Waals surface area contributed by atoms with E-state index in [4.69, 9.17) is 5.73 Å². The number of carbonyl (C=O) groups excluding carboxylic acids is 1. The molecule has 2 atom stereocenters. The second-order valence-corrected chi connectivity index (χ2v) is 6.61. The van der Waals surface area contributed by atoms with Crippen molar-refractivity contribution in [2.24, 2.45) is 10.7 Å². The van der Waals surface area contributed by atoms with Gasteiger partial charge in [0.15, 0.2) is 0 Å². The van der Waals surface area contributed by atoms with E-state index in [1.165, 1.54) is 12.8 Å². The molecule has 5 nitrogen and oxygen atoms in total. The number of amides is 2. The summed E-state index contributed by atoms with van der Waals surface area (Å²) in [4.78, 5) is 18.7. The van der Waals surface area contributed by atoms with E-state index in [1.807, 2.05) is 36.9 Å². The predicted molar refractivity (Wildman–Crippen MR) is 99.3 cm³/mol. The fourth-order valence-corrected chi connectivity index (χ4v) is 3.66. The van der Waals surface area contributed by atoms with Crippen LogP contribution in [-0.2, 0) is 0 Å². The number of nitrogens with one attached hydrogen (secondary N) is 1. The Kier molecular flexibility index (Phi) is 4.88. The van der Waals surface area contributed by atoms with Crippen molar-refractivity contribution < 1.29 is 4.79 Å². The molecule has 2 heterocycles. The molecule has 0 saturated carbocycles. The molecule has 0 radical (unpaired) electrons. The number of piperidine rings is 1. The van der Waals surface area contributed by atoms with Gasteiger partial charge >= 0.3 is 6.03 Å². The average molecular weight is 326 g/mol. The van der Waals surface area contributed by atoms with Crippen LogP contribution in [-0.4, -0.2) is 35.8 Å². The number of fused-ring (bicyclic) bond motifs is 2. The highest BCUT2D eigenvalue weighted by molar-refractivity contribution is 5.92. The molecule has 1 aromatic carbocycles. The Morgan fingerprint density at radius 1 is 1.42 bits per heavy atom. The molecule has 2 amide bonds. The molecule has 0 spiro atoms. The van der Waals surface area contributed by atoms with Gasteiger partial charge in [0.05, 0.1) is 0 Å². The lowest BCUT2D eigenvalue weighted by atomic mass is 9.80. The van der Waals surface area contributed by atoms with Crippen LogP contribution in [0.1, 0.15) is 43.7 Å². The summed E-state index contributed by atoms with van der Waals surface area (Å²) in [6.45, 7) is 4.72. The number of allylic oxidation sites excluding steroid dienone is 1. The van der Waals surface area contributed by atoms with E-state index >= 15 is 0 Å². The Bertz CT molecular complexity index is 666. The molecular formula is C19H26N4O. The smallest absolute Gasteiger partial charge is 0.322 e. The first-order valence-corrected chi connectivity index (χ1v) is 8.76. The van der Waals surface area contributed by atoms with Gasteiger partial charge in [0, 0.05) is 41.8 Å². The highest BCUT2D eigenvalue weighted by Gasteiger charge is 2.44. The van der Waals surface area contributed by atoms with Crippen molar-refractivity contribution >= 4 is 23.6 Å². The van der Waals surface area contributed by atoms with Crippen molar-refractivity contribution in [3.8, 4) is 0 Å². The summed E-state index contributed by atoms with van der Waals surface area (Å²) in [6.07, 6.45) is 8.21. The monoisotopic (exact) mass is 326 g/mol. The normalized spacial score (nSPS) is 23.2. The van der Waals surface area contributed by atoms with E-state index in [0.717, 1.165) is 36.2 Å². The van der Waals surface area contributed by atoms with Gasteiger partial charge < -0.3 is 16.0 Å². The first-order valence-electron chi connectivity index (χ1n) is 8.76. The fourth-order valence-electron chi connectivity index (χ4n) is 3.66.